The van der Waals surface area contributed by atoms with Gasteiger partial charge in [0.05, 0.1) is 24.6 Å². The molecule has 0 aliphatic carbocycles. The van der Waals surface area contributed by atoms with Gasteiger partial charge in [0, 0.05) is 6.42 Å². The van der Waals surface area contributed by atoms with Crippen molar-refractivity contribution in [2.24, 2.45) is 5.41 Å². The summed E-state index contributed by atoms with van der Waals surface area (Å²) in [7, 11) is 1.19. The number of carbonyl (C=O) groups excluding carboxylic acids is 3. The standard InChI is InChI=1S/C15H16FNO4/c1-15(2)7-12(18)17(14(15)20)8-9-4-5-10(16)6-11(9)13(19)21-3/h4-6H,7-8H2,1-3H3. The summed E-state index contributed by atoms with van der Waals surface area (Å²) in [5.41, 5.74) is -0.354. The van der Waals surface area contributed by atoms with E-state index in [1.54, 1.807) is 13.8 Å². The summed E-state index contributed by atoms with van der Waals surface area (Å²) in [6.07, 6.45) is 0.126. The van der Waals surface area contributed by atoms with Crippen molar-refractivity contribution in [2.45, 2.75) is 26.8 Å². The number of methoxy groups -OCH3 is 1. The van der Waals surface area contributed by atoms with E-state index in [1.165, 1.54) is 19.2 Å². The van der Waals surface area contributed by atoms with Crippen molar-refractivity contribution in [3.63, 3.8) is 0 Å². The molecule has 0 radical (unpaired) electrons. The zero-order valence-corrected chi connectivity index (χ0v) is 12.1. The van der Waals surface area contributed by atoms with Crippen molar-refractivity contribution in [1.82, 2.24) is 4.90 Å². The molecule has 6 heteroatoms. The third kappa shape index (κ3) is 2.79. The average molecular weight is 293 g/mol. The molecule has 2 rings (SSSR count). The fourth-order valence-corrected chi connectivity index (χ4v) is 2.34. The predicted octanol–water partition coefficient (Wildman–Crippen LogP) is 1.90. The number of likely N-dealkylation sites (tertiary alicyclic amines) is 1. The number of carbonyl (C=O) groups is 3. The Balaban J connectivity index is 2.34. The Labute approximate surface area is 121 Å². The van der Waals surface area contributed by atoms with E-state index in [9.17, 15) is 18.8 Å². The second-order valence-corrected chi connectivity index (χ2v) is 5.64. The van der Waals surface area contributed by atoms with E-state index in [4.69, 9.17) is 0 Å². The fourth-order valence-electron chi connectivity index (χ4n) is 2.34. The van der Waals surface area contributed by atoms with Crippen molar-refractivity contribution in [3.8, 4) is 0 Å². The number of ether oxygens (including phenoxy) is 1. The predicted molar refractivity (Wildman–Crippen MR) is 71.7 cm³/mol. The molecule has 0 saturated carbocycles. The Hall–Kier alpha value is -2.24. The van der Waals surface area contributed by atoms with Gasteiger partial charge in [-0.1, -0.05) is 19.9 Å². The topological polar surface area (TPSA) is 63.7 Å². The van der Waals surface area contributed by atoms with Gasteiger partial charge >= 0.3 is 5.97 Å². The second-order valence-electron chi connectivity index (χ2n) is 5.64. The molecule has 21 heavy (non-hydrogen) atoms. The smallest absolute Gasteiger partial charge is 0.338 e. The molecule has 5 nitrogen and oxygen atoms in total. The molecule has 0 bridgehead atoms. The SMILES string of the molecule is COC(=O)c1cc(F)ccc1CN1C(=O)CC(C)(C)C1=O. The van der Waals surface area contributed by atoms with Crippen molar-refractivity contribution in [3.05, 3.63) is 35.1 Å². The zero-order chi connectivity index (χ0) is 15.8. The van der Waals surface area contributed by atoms with Gasteiger partial charge in [-0.25, -0.2) is 9.18 Å². The number of amides is 2. The largest absolute Gasteiger partial charge is 0.465 e. The first-order valence-corrected chi connectivity index (χ1v) is 6.48. The minimum Gasteiger partial charge on any atom is -0.465 e. The maximum Gasteiger partial charge on any atom is 0.338 e. The van der Waals surface area contributed by atoms with Crippen LogP contribution in [0.5, 0.6) is 0 Å². The first kappa shape index (κ1) is 15.2. The number of halogens is 1. The van der Waals surface area contributed by atoms with E-state index in [0.29, 0.717) is 5.56 Å². The lowest BCUT2D eigenvalue weighted by molar-refractivity contribution is -0.141. The van der Waals surface area contributed by atoms with E-state index in [-0.39, 0.29) is 30.3 Å². The lowest BCUT2D eigenvalue weighted by atomic mass is 9.92. The molecule has 1 aromatic carbocycles. The number of hydrogen-bond donors (Lipinski definition) is 0. The van der Waals surface area contributed by atoms with E-state index in [0.717, 1.165) is 11.0 Å². The van der Waals surface area contributed by atoms with Gasteiger partial charge in [-0.05, 0) is 17.7 Å². The highest BCUT2D eigenvalue weighted by molar-refractivity contribution is 6.05. The van der Waals surface area contributed by atoms with Crippen LogP contribution < -0.4 is 0 Å². The van der Waals surface area contributed by atoms with Crippen LogP contribution in [0.1, 0.15) is 36.2 Å². The number of rotatable bonds is 3. The molecule has 1 aliphatic rings. The molecule has 0 unspecified atom stereocenters. The van der Waals surface area contributed by atoms with Crippen LogP contribution in [0.15, 0.2) is 18.2 Å². The number of benzene rings is 1. The Morgan fingerprint density at radius 1 is 1.38 bits per heavy atom. The summed E-state index contributed by atoms with van der Waals surface area (Å²) in [4.78, 5) is 36.9. The molecule has 1 saturated heterocycles. The molecule has 1 aliphatic heterocycles. The van der Waals surface area contributed by atoms with Gasteiger partial charge in [0.15, 0.2) is 0 Å². The average Bonchev–Trinajstić information content (AvgIpc) is 2.61. The molecule has 1 heterocycles. The number of imide groups is 1. The normalized spacial score (nSPS) is 17.2. The van der Waals surface area contributed by atoms with E-state index >= 15 is 0 Å². The molecule has 0 atom stereocenters. The third-order valence-corrected chi connectivity index (χ3v) is 3.52. The quantitative estimate of drug-likeness (QED) is 0.630. The summed E-state index contributed by atoms with van der Waals surface area (Å²) in [5, 5.41) is 0. The molecule has 0 spiro atoms. The molecule has 112 valence electrons. The maximum absolute atomic E-state index is 13.3. The minimum absolute atomic E-state index is 0.0165. The van der Waals surface area contributed by atoms with Crippen LogP contribution >= 0.6 is 0 Å². The monoisotopic (exact) mass is 293 g/mol. The molecular weight excluding hydrogens is 277 g/mol. The van der Waals surface area contributed by atoms with E-state index < -0.39 is 17.2 Å². The van der Waals surface area contributed by atoms with Crippen LogP contribution in [0.25, 0.3) is 0 Å². The number of nitrogens with zero attached hydrogens (tertiary/aromatic N) is 1. The lowest BCUT2D eigenvalue weighted by Gasteiger charge is -2.19. The van der Waals surface area contributed by atoms with Crippen molar-refractivity contribution < 1.29 is 23.5 Å². The van der Waals surface area contributed by atoms with Gasteiger partial charge in [-0.2, -0.15) is 0 Å². The summed E-state index contributed by atoms with van der Waals surface area (Å²) in [5.74, 6) is -1.89. The van der Waals surface area contributed by atoms with Crippen LogP contribution in [0.3, 0.4) is 0 Å². The molecule has 1 aromatic rings. The maximum atomic E-state index is 13.3. The first-order chi connectivity index (χ1) is 9.76. The Morgan fingerprint density at radius 3 is 2.57 bits per heavy atom. The summed E-state index contributed by atoms with van der Waals surface area (Å²) < 4.78 is 17.9. The summed E-state index contributed by atoms with van der Waals surface area (Å²) >= 11 is 0. The van der Waals surface area contributed by atoms with Gasteiger partial charge in [0.1, 0.15) is 5.82 Å². The summed E-state index contributed by atoms with van der Waals surface area (Å²) in [6.45, 7) is 3.32. The highest BCUT2D eigenvalue weighted by atomic mass is 19.1. The van der Waals surface area contributed by atoms with Crippen LogP contribution in [-0.4, -0.2) is 29.8 Å². The molecule has 2 amide bonds. The van der Waals surface area contributed by atoms with Gasteiger partial charge in [0.25, 0.3) is 0 Å². The van der Waals surface area contributed by atoms with Gasteiger partial charge < -0.3 is 4.74 Å². The van der Waals surface area contributed by atoms with Gasteiger partial charge in [-0.3, -0.25) is 14.5 Å². The van der Waals surface area contributed by atoms with E-state index in [1.807, 2.05) is 0 Å². The Morgan fingerprint density at radius 2 is 2.05 bits per heavy atom. The van der Waals surface area contributed by atoms with Gasteiger partial charge in [-0.15, -0.1) is 0 Å². The molecule has 0 N–H and O–H groups in total. The molecular formula is C15H16FNO4. The van der Waals surface area contributed by atoms with Crippen molar-refractivity contribution >= 4 is 17.8 Å². The minimum atomic E-state index is -0.747. The molecule has 0 aromatic heterocycles. The Kier molecular flexibility index (Phi) is 3.80. The first-order valence-electron chi connectivity index (χ1n) is 6.48. The Bertz CT molecular complexity index is 624. The second kappa shape index (κ2) is 5.27. The zero-order valence-electron chi connectivity index (χ0n) is 12.1. The lowest BCUT2D eigenvalue weighted by Crippen LogP contribution is -2.33. The number of hydrogen-bond acceptors (Lipinski definition) is 4. The van der Waals surface area contributed by atoms with Crippen LogP contribution in [0, 0.1) is 11.2 Å². The van der Waals surface area contributed by atoms with Crippen LogP contribution in [-0.2, 0) is 20.9 Å². The van der Waals surface area contributed by atoms with Crippen LogP contribution in [0.2, 0.25) is 0 Å². The fraction of sp³-hybridized carbons (Fsp3) is 0.400. The highest BCUT2D eigenvalue weighted by Gasteiger charge is 2.44. The summed E-state index contributed by atoms with van der Waals surface area (Å²) in [6, 6.07) is 3.60. The highest BCUT2D eigenvalue weighted by Crippen LogP contribution is 2.33. The van der Waals surface area contributed by atoms with E-state index in [2.05, 4.69) is 4.74 Å². The van der Waals surface area contributed by atoms with Crippen LogP contribution in [0.4, 0.5) is 4.39 Å². The number of esters is 1. The van der Waals surface area contributed by atoms with Gasteiger partial charge in [0.2, 0.25) is 11.8 Å². The van der Waals surface area contributed by atoms with Crippen molar-refractivity contribution in [1.29, 1.82) is 0 Å². The van der Waals surface area contributed by atoms with Crippen molar-refractivity contribution in [2.75, 3.05) is 7.11 Å². The molecule has 1 fully saturated rings. The third-order valence-electron chi connectivity index (χ3n) is 3.52.